The van der Waals surface area contributed by atoms with E-state index in [2.05, 4.69) is 24.9 Å². The Bertz CT molecular complexity index is 292. The predicted octanol–water partition coefficient (Wildman–Crippen LogP) is 1.61. The molecule has 0 unspecified atom stereocenters. The van der Waals surface area contributed by atoms with Crippen LogP contribution in [0.3, 0.4) is 0 Å². The first kappa shape index (κ1) is 10.6. The maximum absolute atomic E-state index is 5.66. The van der Waals surface area contributed by atoms with E-state index in [-0.39, 0.29) is 6.29 Å². The molecule has 3 heteroatoms. The Balaban J connectivity index is 1.94. The molecule has 1 saturated heterocycles. The van der Waals surface area contributed by atoms with Crippen LogP contribution in [0.4, 0.5) is 0 Å². The third-order valence-electron chi connectivity index (χ3n) is 2.64. The van der Waals surface area contributed by atoms with Crippen LogP contribution in [0.2, 0.25) is 0 Å². The van der Waals surface area contributed by atoms with E-state index in [0.29, 0.717) is 11.8 Å². The number of aromatic nitrogens is 1. The van der Waals surface area contributed by atoms with Gasteiger partial charge in [0.1, 0.15) is 0 Å². The summed E-state index contributed by atoms with van der Waals surface area (Å²) in [6, 6.07) is 6.08. The summed E-state index contributed by atoms with van der Waals surface area (Å²) >= 11 is 0. The maximum Gasteiger partial charge on any atom is 0.187 e. The van der Waals surface area contributed by atoms with Gasteiger partial charge in [0.05, 0.1) is 19.1 Å². The van der Waals surface area contributed by atoms with Crippen LogP contribution in [-0.2, 0) is 9.47 Å². The molecular weight excluding hydrogens is 190 g/mol. The molecule has 0 aliphatic carbocycles. The molecule has 2 heterocycles. The van der Waals surface area contributed by atoms with Crippen LogP contribution in [0.25, 0.3) is 0 Å². The first-order valence-corrected chi connectivity index (χ1v) is 5.47. The van der Waals surface area contributed by atoms with Crippen molar-refractivity contribution in [3.63, 3.8) is 0 Å². The Morgan fingerprint density at radius 3 is 2.53 bits per heavy atom. The number of ether oxygens (including phenoxy) is 2. The summed E-state index contributed by atoms with van der Waals surface area (Å²) in [6.07, 6.45) is 1.90. The molecule has 1 aromatic rings. The van der Waals surface area contributed by atoms with E-state index >= 15 is 0 Å². The smallest absolute Gasteiger partial charge is 0.187 e. The third kappa shape index (κ3) is 2.55. The molecule has 0 radical (unpaired) electrons. The van der Waals surface area contributed by atoms with Crippen molar-refractivity contribution in [3.8, 4) is 0 Å². The van der Waals surface area contributed by atoms with E-state index < -0.39 is 0 Å². The third-order valence-corrected chi connectivity index (χ3v) is 2.64. The topological polar surface area (TPSA) is 32.6 Å². The first-order valence-electron chi connectivity index (χ1n) is 5.47. The summed E-state index contributed by atoms with van der Waals surface area (Å²) in [4.78, 5) is 3.22. The summed E-state index contributed by atoms with van der Waals surface area (Å²) in [5.74, 6) is 0.756. The number of hydrogen-bond acceptors (Lipinski definition) is 2. The molecule has 3 nitrogen and oxygen atoms in total. The molecule has 82 valence electrons. The quantitative estimate of drug-likeness (QED) is 0.739. The van der Waals surface area contributed by atoms with Crippen molar-refractivity contribution in [1.82, 2.24) is 0 Å². The molecule has 1 aliphatic rings. The van der Waals surface area contributed by atoms with Crippen LogP contribution in [-0.4, -0.2) is 19.5 Å². The maximum atomic E-state index is 5.66. The highest BCUT2D eigenvalue weighted by atomic mass is 16.7. The van der Waals surface area contributed by atoms with E-state index in [1.54, 1.807) is 0 Å². The lowest BCUT2D eigenvalue weighted by molar-refractivity contribution is -0.397. The van der Waals surface area contributed by atoms with Crippen molar-refractivity contribution in [2.24, 2.45) is 5.92 Å². The molecule has 0 atom stereocenters. The van der Waals surface area contributed by atoms with Crippen molar-refractivity contribution in [2.45, 2.75) is 26.1 Å². The Hall–Kier alpha value is -0.930. The van der Waals surface area contributed by atoms with E-state index in [1.165, 1.54) is 5.69 Å². The zero-order chi connectivity index (χ0) is 10.7. The molecule has 0 amide bonds. The van der Waals surface area contributed by atoms with Gasteiger partial charge in [-0.1, -0.05) is 19.9 Å². The SMILES string of the molecule is CC(C)C1OCC(c2cccc[nH+]2)CO1. The minimum Gasteiger partial charge on any atom is -0.351 e. The van der Waals surface area contributed by atoms with Crippen LogP contribution in [0.5, 0.6) is 0 Å². The molecule has 1 aromatic heterocycles. The molecule has 15 heavy (non-hydrogen) atoms. The zero-order valence-corrected chi connectivity index (χ0v) is 9.27. The van der Waals surface area contributed by atoms with Gasteiger partial charge < -0.3 is 9.47 Å². The largest absolute Gasteiger partial charge is 0.351 e. The summed E-state index contributed by atoms with van der Waals surface area (Å²) < 4.78 is 11.3. The van der Waals surface area contributed by atoms with E-state index in [1.807, 2.05) is 18.3 Å². The molecule has 2 rings (SSSR count). The average Bonchev–Trinajstić information content (AvgIpc) is 2.30. The van der Waals surface area contributed by atoms with Crippen LogP contribution < -0.4 is 4.98 Å². The Morgan fingerprint density at radius 2 is 2.00 bits per heavy atom. The summed E-state index contributed by atoms with van der Waals surface area (Å²) in [7, 11) is 0. The van der Waals surface area contributed by atoms with Gasteiger partial charge in [-0.3, -0.25) is 0 Å². The number of rotatable bonds is 2. The Labute approximate surface area is 90.4 Å². The van der Waals surface area contributed by atoms with Crippen molar-refractivity contribution < 1.29 is 14.5 Å². The van der Waals surface area contributed by atoms with Gasteiger partial charge in [0.25, 0.3) is 0 Å². The first-order chi connectivity index (χ1) is 7.27. The molecule has 0 aromatic carbocycles. The summed E-state index contributed by atoms with van der Waals surface area (Å²) in [6.45, 7) is 5.70. The fourth-order valence-electron chi connectivity index (χ4n) is 1.74. The molecule has 1 fully saturated rings. The Morgan fingerprint density at radius 1 is 1.27 bits per heavy atom. The molecule has 0 saturated carbocycles. The van der Waals surface area contributed by atoms with Gasteiger partial charge in [-0.2, -0.15) is 0 Å². The number of hydrogen-bond donors (Lipinski definition) is 0. The number of nitrogens with one attached hydrogen (secondary N) is 1. The molecule has 1 N–H and O–H groups in total. The fraction of sp³-hybridized carbons (Fsp3) is 0.583. The fourth-order valence-corrected chi connectivity index (χ4v) is 1.74. The van der Waals surface area contributed by atoms with E-state index in [4.69, 9.17) is 9.47 Å². The van der Waals surface area contributed by atoms with Crippen molar-refractivity contribution >= 4 is 0 Å². The summed E-state index contributed by atoms with van der Waals surface area (Å²) in [5, 5.41) is 0. The molecule has 0 spiro atoms. The lowest BCUT2D eigenvalue weighted by Gasteiger charge is -2.29. The molecular formula is C12H18NO2+. The predicted molar refractivity (Wildman–Crippen MR) is 56.3 cm³/mol. The van der Waals surface area contributed by atoms with Gasteiger partial charge >= 0.3 is 0 Å². The van der Waals surface area contributed by atoms with Gasteiger partial charge in [-0.15, -0.1) is 0 Å². The average molecular weight is 208 g/mol. The van der Waals surface area contributed by atoms with Gasteiger partial charge in [0, 0.05) is 18.1 Å². The van der Waals surface area contributed by atoms with Crippen LogP contribution >= 0.6 is 0 Å². The van der Waals surface area contributed by atoms with Gasteiger partial charge in [0.2, 0.25) is 0 Å². The highest BCUT2D eigenvalue weighted by Gasteiger charge is 2.28. The minimum absolute atomic E-state index is 0.0371. The number of pyridine rings is 1. The molecule has 1 aliphatic heterocycles. The lowest BCUT2D eigenvalue weighted by Crippen LogP contribution is -2.36. The summed E-state index contributed by atoms with van der Waals surface area (Å²) in [5.41, 5.74) is 1.18. The van der Waals surface area contributed by atoms with Gasteiger partial charge in [-0.05, 0) is 0 Å². The normalized spacial score (nSPS) is 26.9. The van der Waals surface area contributed by atoms with E-state index in [0.717, 1.165) is 13.2 Å². The highest BCUT2D eigenvalue weighted by molar-refractivity contribution is 5.03. The monoisotopic (exact) mass is 208 g/mol. The van der Waals surface area contributed by atoms with E-state index in [9.17, 15) is 0 Å². The zero-order valence-electron chi connectivity index (χ0n) is 9.27. The Kier molecular flexibility index (Phi) is 3.34. The van der Waals surface area contributed by atoms with Crippen molar-refractivity contribution in [2.75, 3.05) is 13.2 Å². The van der Waals surface area contributed by atoms with Crippen LogP contribution in [0, 0.1) is 5.92 Å². The van der Waals surface area contributed by atoms with Crippen LogP contribution in [0.1, 0.15) is 25.5 Å². The number of aromatic amines is 1. The number of H-pyrrole nitrogens is 1. The second kappa shape index (κ2) is 4.73. The van der Waals surface area contributed by atoms with Crippen molar-refractivity contribution in [1.29, 1.82) is 0 Å². The lowest BCUT2D eigenvalue weighted by atomic mass is 10.1. The second-order valence-corrected chi connectivity index (χ2v) is 4.29. The highest BCUT2D eigenvalue weighted by Crippen LogP contribution is 2.22. The minimum atomic E-state index is -0.0371. The second-order valence-electron chi connectivity index (χ2n) is 4.29. The van der Waals surface area contributed by atoms with Gasteiger partial charge in [-0.25, -0.2) is 4.98 Å². The van der Waals surface area contributed by atoms with Crippen LogP contribution in [0.15, 0.2) is 24.4 Å². The standard InChI is InChI=1S/C12H17NO2/c1-9(2)12-14-7-10(8-15-12)11-5-3-4-6-13-11/h3-6,9-10,12H,7-8H2,1-2H3/p+1. The van der Waals surface area contributed by atoms with Crippen molar-refractivity contribution in [3.05, 3.63) is 30.1 Å². The molecule has 0 bridgehead atoms. The van der Waals surface area contributed by atoms with Gasteiger partial charge in [0.15, 0.2) is 18.2 Å².